The van der Waals surface area contributed by atoms with E-state index in [2.05, 4.69) is 25.0 Å². The molecule has 0 atom stereocenters. The summed E-state index contributed by atoms with van der Waals surface area (Å²) in [5, 5.41) is 4.96. The lowest BCUT2D eigenvalue weighted by molar-refractivity contribution is 0.408. The zero-order chi connectivity index (χ0) is 14.2. The molecule has 0 fully saturated rings. The number of hydrogen-bond acceptors (Lipinski definition) is 3. The number of nitrogen functional groups attached to an aromatic ring is 1. The molecule has 1 aromatic carbocycles. The van der Waals surface area contributed by atoms with Gasteiger partial charge >= 0.3 is 0 Å². The summed E-state index contributed by atoms with van der Waals surface area (Å²) in [5.41, 5.74) is 8.63. The Morgan fingerprint density at radius 1 is 1.32 bits per heavy atom. The first kappa shape index (κ1) is 13.7. The SMILES string of the molecule is COc1c(Cl)cc(-c2cc(N)n(C)n2)cc1C(C)C. The van der Waals surface area contributed by atoms with Gasteiger partial charge in [-0.15, -0.1) is 0 Å². The predicted octanol–water partition coefficient (Wildman–Crippen LogP) is 3.45. The summed E-state index contributed by atoms with van der Waals surface area (Å²) in [7, 11) is 3.44. The van der Waals surface area contributed by atoms with Crippen LogP contribution in [0.5, 0.6) is 5.75 Å². The molecule has 5 heteroatoms. The first-order chi connectivity index (χ1) is 8.93. The molecule has 0 saturated heterocycles. The van der Waals surface area contributed by atoms with Crippen LogP contribution in [0.15, 0.2) is 18.2 Å². The van der Waals surface area contributed by atoms with Gasteiger partial charge in [0.2, 0.25) is 0 Å². The average molecular weight is 280 g/mol. The van der Waals surface area contributed by atoms with E-state index in [9.17, 15) is 0 Å². The van der Waals surface area contributed by atoms with Crippen LogP contribution in [0.25, 0.3) is 11.3 Å². The molecule has 0 spiro atoms. The Balaban J connectivity index is 2.59. The van der Waals surface area contributed by atoms with Crippen LogP contribution in [-0.2, 0) is 7.05 Å². The molecule has 0 radical (unpaired) electrons. The van der Waals surface area contributed by atoms with E-state index in [-0.39, 0.29) is 0 Å². The largest absolute Gasteiger partial charge is 0.495 e. The number of rotatable bonds is 3. The number of anilines is 1. The van der Waals surface area contributed by atoms with Crippen molar-refractivity contribution in [2.75, 3.05) is 12.8 Å². The Labute approximate surface area is 118 Å². The zero-order valence-corrected chi connectivity index (χ0v) is 12.3. The number of hydrogen-bond donors (Lipinski definition) is 1. The molecule has 0 aliphatic heterocycles. The summed E-state index contributed by atoms with van der Waals surface area (Å²) in [5.74, 6) is 1.66. The molecule has 1 aromatic heterocycles. The fraction of sp³-hybridized carbons (Fsp3) is 0.357. The molecule has 2 N–H and O–H groups in total. The van der Waals surface area contributed by atoms with Crippen molar-refractivity contribution in [2.45, 2.75) is 19.8 Å². The Morgan fingerprint density at radius 3 is 2.47 bits per heavy atom. The van der Waals surface area contributed by atoms with Crippen LogP contribution in [0.3, 0.4) is 0 Å². The van der Waals surface area contributed by atoms with Gasteiger partial charge < -0.3 is 10.5 Å². The fourth-order valence-electron chi connectivity index (χ4n) is 2.03. The van der Waals surface area contributed by atoms with E-state index in [0.717, 1.165) is 22.6 Å². The minimum atomic E-state index is 0.313. The summed E-state index contributed by atoms with van der Waals surface area (Å²) in [6.45, 7) is 4.20. The maximum Gasteiger partial charge on any atom is 0.140 e. The number of aryl methyl sites for hydroxylation is 1. The third kappa shape index (κ3) is 2.54. The van der Waals surface area contributed by atoms with Gasteiger partial charge in [0, 0.05) is 18.7 Å². The molecule has 0 aliphatic rings. The Bertz CT molecular complexity index is 585. The highest BCUT2D eigenvalue weighted by atomic mass is 35.5. The minimum Gasteiger partial charge on any atom is -0.495 e. The van der Waals surface area contributed by atoms with Crippen molar-refractivity contribution >= 4 is 17.4 Å². The minimum absolute atomic E-state index is 0.313. The number of nitrogens with zero attached hydrogens (tertiary/aromatic N) is 2. The maximum atomic E-state index is 6.28. The molecule has 0 saturated carbocycles. The van der Waals surface area contributed by atoms with Crippen molar-refractivity contribution < 1.29 is 4.74 Å². The van der Waals surface area contributed by atoms with Crippen molar-refractivity contribution in [3.05, 3.63) is 28.8 Å². The molecular formula is C14H18ClN3O. The molecule has 0 amide bonds. The molecule has 19 heavy (non-hydrogen) atoms. The third-order valence-corrected chi connectivity index (χ3v) is 3.39. The highest BCUT2D eigenvalue weighted by molar-refractivity contribution is 6.32. The Kier molecular flexibility index (Phi) is 3.71. The second-order valence-corrected chi connectivity index (χ2v) is 5.22. The highest BCUT2D eigenvalue weighted by Crippen LogP contribution is 2.37. The topological polar surface area (TPSA) is 53.1 Å². The second kappa shape index (κ2) is 5.13. The Hall–Kier alpha value is -1.68. The van der Waals surface area contributed by atoms with E-state index >= 15 is 0 Å². The summed E-state index contributed by atoms with van der Waals surface area (Å²) >= 11 is 6.28. The fourth-order valence-corrected chi connectivity index (χ4v) is 2.33. The van der Waals surface area contributed by atoms with E-state index in [1.165, 1.54) is 0 Å². The molecule has 2 rings (SSSR count). The monoisotopic (exact) mass is 279 g/mol. The second-order valence-electron chi connectivity index (χ2n) is 4.81. The van der Waals surface area contributed by atoms with Gasteiger partial charge in [0.05, 0.1) is 17.8 Å². The number of ether oxygens (including phenoxy) is 1. The zero-order valence-electron chi connectivity index (χ0n) is 11.6. The van der Waals surface area contributed by atoms with E-state index in [4.69, 9.17) is 22.1 Å². The maximum absolute atomic E-state index is 6.28. The lowest BCUT2D eigenvalue weighted by Crippen LogP contribution is -1.97. The molecule has 0 bridgehead atoms. The van der Waals surface area contributed by atoms with Crippen LogP contribution in [-0.4, -0.2) is 16.9 Å². The van der Waals surface area contributed by atoms with Crippen LogP contribution in [0.1, 0.15) is 25.3 Å². The lowest BCUT2D eigenvalue weighted by Gasteiger charge is -2.14. The molecule has 102 valence electrons. The van der Waals surface area contributed by atoms with Crippen LogP contribution < -0.4 is 10.5 Å². The van der Waals surface area contributed by atoms with Gasteiger partial charge in [0.15, 0.2) is 0 Å². The average Bonchev–Trinajstić information content (AvgIpc) is 2.68. The normalized spacial score (nSPS) is 11.1. The summed E-state index contributed by atoms with van der Waals surface area (Å²) in [4.78, 5) is 0. The van der Waals surface area contributed by atoms with E-state index in [0.29, 0.717) is 16.8 Å². The molecular weight excluding hydrogens is 262 g/mol. The number of nitrogens with two attached hydrogens (primary N) is 1. The summed E-state index contributed by atoms with van der Waals surface area (Å²) in [6, 6.07) is 5.74. The smallest absolute Gasteiger partial charge is 0.140 e. The van der Waals surface area contributed by atoms with Gasteiger partial charge in [-0.2, -0.15) is 5.10 Å². The van der Waals surface area contributed by atoms with E-state index in [1.54, 1.807) is 11.8 Å². The van der Waals surface area contributed by atoms with Crippen molar-refractivity contribution in [1.82, 2.24) is 9.78 Å². The van der Waals surface area contributed by atoms with Crippen LogP contribution in [0.2, 0.25) is 5.02 Å². The number of benzene rings is 1. The number of halogens is 1. The number of methoxy groups -OCH3 is 1. The van der Waals surface area contributed by atoms with Crippen LogP contribution in [0.4, 0.5) is 5.82 Å². The van der Waals surface area contributed by atoms with Gasteiger partial charge in [-0.1, -0.05) is 25.4 Å². The summed E-state index contributed by atoms with van der Waals surface area (Å²) < 4.78 is 7.02. The van der Waals surface area contributed by atoms with Gasteiger partial charge in [0.25, 0.3) is 0 Å². The Morgan fingerprint density at radius 2 is 2.00 bits per heavy atom. The summed E-state index contributed by atoms with van der Waals surface area (Å²) in [6.07, 6.45) is 0. The van der Waals surface area contributed by atoms with Crippen molar-refractivity contribution in [3.8, 4) is 17.0 Å². The van der Waals surface area contributed by atoms with Crippen molar-refractivity contribution in [3.63, 3.8) is 0 Å². The first-order valence-electron chi connectivity index (χ1n) is 6.11. The molecule has 2 aromatic rings. The first-order valence-corrected chi connectivity index (χ1v) is 6.49. The predicted molar refractivity (Wildman–Crippen MR) is 78.7 cm³/mol. The molecule has 0 unspecified atom stereocenters. The lowest BCUT2D eigenvalue weighted by atomic mass is 9.98. The highest BCUT2D eigenvalue weighted by Gasteiger charge is 2.15. The number of aromatic nitrogens is 2. The van der Waals surface area contributed by atoms with E-state index < -0.39 is 0 Å². The quantitative estimate of drug-likeness (QED) is 0.936. The van der Waals surface area contributed by atoms with E-state index in [1.807, 2.05) is 19.2 Å². The standard InChI is InChI=1S/C14H18ClN3O/c1-8(2)10-5-9(6-11(15)14(10)19-4)12-7-13(16)18(3)17-12/h5-8H,16H2,1-4H3. The molecule has 4 nitrogen and oxygen atoms in total. The third-order valence-electron chi connectivity index (χ3n) is 3.11. The van der Waals surface area contributed by atoms with Gasteiger partial charge in [-0.3, -0.25) is 4.68 Å². The van der Waals surface area contributed by atoms with Crippen molar-refractivity contribution in [1.29, 1.82) is 0 Å². The molecule has 0 aliphatic carbocycles. The van der Waals surface area contributed by atoms with Gasteiger partial charge in [-0.05, 0) is 23.6 Å². The van der Waals surface area contributed by atoms with Gasteiger partial charge in [-0.25, -0.2) is 0 Å². The van der Waals surface area contributed by atoms with Gasteiger partial charge in [0.1, 0.15) is 11.6 Å². The molecule has 1 heterocycles. The van der Waals surface area contributed by atoms with Crippen LogP contribution >= 0.6 is 11.6 Å². The van der Waals surface area contributed by atoms with Crippen molar-refractivity contribution in [2.24, 2.45) is 7.05 Å². The van der Waals surface area contributed by atoms with Crippen LogP contribution in [0, 0.1) is 0 Å².